The summed E-state index contributed by atoms with van der Waals surface area (Å²) in [6.45, 7) is 2.07. The molecule has 0 fully saturated rings. The summed E-state index contributed by atoms with van der Waals surface area (Å²) in [6, 6.07) is 4.85. The Kier molecular flexibility index (Phi) is 5.78. The fourth-order valence-corrected chi connectivity index (χ4v) is 2.11. The van der Waals surface area contributed by atoms with Gasteiger partial charge in [-0.15, -0.1) is 0 Å². The summed E-state index contributed by atoms with van der Waals surface area (Å²) in [5.41, 5.74) is -0.536. The van der Waals surface area contributed by atoms with E-state index < -0.39 is 17.8 Å². The fraction of sp³-hybridized carbons (Fsp3) is 0.400. The highest BCUT2D eigenvalue weighted by molar-refractivity contribution is 5.73. The molecule has 9 heteroatoms. The van der Waals surface area contributed by atoms with Crippen LogP contribution >= 0.6 is 0 Å². The van der Waals surface area contributed by atoms with Crippen molar-refractivity contribution in [3.05, 3.63) is 47.1 Å². The molecular formula is C15H17F3N4O2. The zero-order chi connectivity index (χ0) is 17.6. The van der Waals surface area contributed by atoms with Gasteiger partial charge in [0.1, 0.15) is 0 Å². The zero-order valence-corrected chi connectivity index (χ0v) is 13.0. The summed E-state index contributed by atoms with van der Waals surface area (Å²) in [5, 5.41) is 8.71. The molecule has 24 heavy (non-hydrogen) atoms. The molecule has 0 atom stereocenters. The number of hydrogen-bond donors (Lipinski definition) is 2. The molecule has 2 N–H and O–H groups in total. The van der Waals surface area contributed by atoms with Crippen LogP contribution in [-0.4, -0.2) is 29.3 Å². The molecule has 6 nitrogen and oxygen atoms in total. The SMILES string of the molecule is Cc1noc(CCNC(=O)NCCc2ccccc2C(F)(F)F)n1. The average molecular weight is 342 g/mol. The standard InChI is InChI=1S/C15H17F3N4O2/c1-10-21-13(24-22-10)7-9-20-14(23)19-8-6-11-4-2-3-5-12(11)15(16,17)18/h2-5H,6-9H2,1H3,(H2,19,20,23). The van der Waals surface area contributed by atoms with Crippen LogP contribution in [0.4, 0.5) is 18.0 Å². The Morgan fingerprint density at radius 2 is 1.83 bits per heavy atom. The molecule has 0 unspecified atom stereocenters. The van der Waals surface area contributed by atoms with E-state index in [0.717, 1.165) is 6.07 Å². The number of aromatic nitrogens is 2. The number of nitrogens with zero attached hydrogens (tertiary/aromatic N) is 2. The van der Waals surface area contributed by atoms with Crippen LogP contribution in [0.1, 0.15) is 22.8 Å². The van der Waals surface area contributed by atoms with Gasteiger partial charge in [0.2, 0.25) is 5.89 Å². The lowest BCUT2D eigenvalue weighted by Crippen LogP contribution is -2.37. The van der Waals surface area contributed by atoms with E-state index in [1.54, 1.807) is 6.92 Å². The second-order valence-corrected chi connectivity index (χ2v) is 5.07. The van der Waals surface area contributed by atoms with Gasteiger partial charge >= 0.3 is 12.2 Å². The fourth-order valence-electron chi connectivity index (χ4n) is 2.11. The van der Waals surface area contributed by atoms with Crippen LogP contribution in [0.25, 0.3) is 0 Å². The molecule has 0 saturated heterocycles. The maximum absolute atomic E-state index is 12.8. The van der Waals surface area contributed by atoms with Gasteiger partial charge in [-0.2, -0.15) is 18.2 Å². The maximum Gasteiger partial charge on any atom is 0.416 e. The Balaban J connectivity index is 1.73. The number of rotatable bonds is 6. The lowest BCUT2D eigenvalue weighted by Gasteiger charge is -2.13. The summed E-state index contributed by atoms with van der Waals surface area (Å²) >= 11 is 0. The van der Waals surface area contributed by atoms with Crippen molar-refractivity contribution < 1.29 is 22.5 Å². The van der Waals surface area contributed by atoms with Crippen molar-refractivity contribution in [2.45, 2.75) is 25.9 Å². The molecule has 0 bridgehead atoms. The highest BCUT2D eigenvalue weighted by Crippen LogP contribution is 2.31. The van der Waals surface area contributed by atoms with Crippen molar-refractivity contribution in [3.63, 3.8) is 0 Å². The first-order chi connectivity index (χ1) is 11.4. The van der Waals surface area contributed by atoms with Crippen molar-refractivity contribution >= 4 is 6.03 Å². The van der Waals surface area contributed by atoms with E-state index in [1.807, 2.05) is 0 Å². The predicted molar refractivity (Wildman–Crippen MR) is 79.3 cm³/mol. The molecule has 0 aliphatic carbocycles. The molecule has 1 heterocycles. The van der Waals surface area contributed by atoms with E-state index in [-0.39, 0.29) is 25.1 Å². The third kappa shape index (κ3) is 5.25. The van der Waals surface area contributed by atoms with Crippen LogP contribution in [0.5, 0.6) is 0 Å². The molecule has 0 radical (unpaired) electrons. The summed E-state index contributed by atoms with van der Waals surface area (Å²) in [7, 11) is 0. The smallest absolute Gasteiger partial charge is 0.339 e. The van der Waals surface area contributed by atoms with Crippen LogP contribution in [0.2, 0.25) is 0 Å². The van der Waals surface area contributed by atoms with Gasteiger partial charge < -0.3 is 15.2 Å². The van der Waals surface area contributed by atoms with Crippen molar-refractivity contribution in [1.29, 1.82) is 0 Å². The van der Waals surface area contributed by atoms with Crippen LogP contribution in [0, 0.1) is 6.92 Å². The summed E-state index contributed by atoms with van der Waals surface area (Å²) < 4.78 is 43.4. The number of halogens is 3. The van der Waals surface area contributed by atoms with E-state index in [9.17, 15) is 18.0 Å². The first kappa shape index (κ1) is 17.8. The number of urea groups is 1. The van der Waals surface area contributed by atoms with Crippen molar-refractivity contribution in [2.75, 3.05) is 13.1 Å². The van der Waals surface area contributed by atoms with Gasteiger partial charge in [-0.1, -0.05) is 23.4 Å². The molecule has 0 saturated carbocycles. The highest BCUT2D eigenvalue weighted by Gasteiger charge is 2.32. The van der Waals surface area contributed by atoms with E-state index in [2.05, 4.69) is 20.8 Å². The molecule has 2 amide bonds. The molecule has 1 aromatic carbocycles. The molecule has 0 aliphatic heterocycles. The van der Waals surface area contributed by atoms with Gasteiger partial charge in [0.25, 0.3) is 0 Å². The normalized spacial score (nSPS) is 11.3. The Labute approximate surface area is 136 Å². The number of amides is 2. The molecule has 2 rings (SSSR count). The van der Waals surface area contributed by atoms with Crippen LogP contribution in [-0.2, 0) is 19.0 Å². The Morgan fingerprint density at radius 1 is 1.17 bits per heavy atom. The van der Waals surface area contributed by atoms with E-state index in [4.69, 9.17) is 4.52 Å². The highest BCUT2D eigenvalue weighted by atomic mass is 19.4. The van der Waals surface area contributed by atoms with Crippen LogP contribution in [0.15, 0.2) is 28.8 Å². The van der Waals surface area contributed by atoms with E-state index >= 15 is 0 Å². The summed E-state index contributed by atoms with van der Waals surface area (Å²) in [6.07, 6.45) is -3.93. The summed E-state index contributed by atoms with van der Waals surface area (Å²) in [4.78, 5) is 15.6. The second kappa shape index (κ2) is 7.80. The Hall–Kier alpha value is -2.58. The monoisotopic (exact) mass is 342 g/mol. The second-order valence-electron chi connectivity index (χ2n) is 5.07. The lowest BCUT2D eigenvalue weighted by molar-refractivity contribution is -0.138. The largest absolute Gasteiger partial charge is 0.416 e. The first-order valence-electron chi connectivity index (χ1n) is 7.32. The molecular weight excluding hydrogens is 325 g/mol. The predicted octanol–water partition coefficient (Wildman–Crippen LogP) is 2.48. The van der Waals surface area contributed by atoms with E-state index in [1.165, 1.54) is 18.2 Å². The molecule has 0 spiro atoms. The number of carbonyl (C=O) groups excluding carboxylic acids is 1. The van der Waals surface area contributed by atoms with Crippen molar-refractivity contribution in [1.82, 2.24) is 20.8 Å². The molecule has 1 aromatic heterocycles. The average Bonchev–Trinajstić information content (AvgIpc) is 2.92. The minimum absolute atomic E-state index is 0.0892. The number of benzene rings is 1. The third-order valence-electron chi connectivity index (χ3n) is 3.20. The number of alkyl halides is 3. The molecule has 2 aromatic rings. The van der Waals surface area contributed by atoms with Crippen LogP contribution in [0.3, 0.4) is 0 Å². The van der Waals surface area contributed by atoms with Gasteiger partial charge in [0.15, 0.2) is 5.82 Å². The number of nitrogens with one attached hydrogen (secondary N) is 2. The Morgan fingerprint density at radius 3 is 2.46 bits per heavy atom. The zero-order valence-electron chi connectivity index (χ0n) is 13.0. The minimum atomic E-state index is -4.40. The van der Waals surface area contributed by atoms with Gasteiger partial charge in [-0.05, 0) is 25.0 Å². The van der Waals surface area contributed by atoms with Gasteiger partial charge in [0.05, 0.1) is 5.56 Å². The van der Waals surface area contributed by atoms with Gasteiger partial charge in [0, 0.05) is 19.5 Å². The van der Waals surface area contributed by atoms with Gasteiger partial charge in [-0.3, -0.25) is 0 Å². The van der Waals surface area contributed by atoms with Crippen molar-refractivity contribution in [2.24, 2.45) is 0 Å². The number of aryl methyl sites for hydroxylation is 1. The number of hydrogen-bond acceptors (Lipinski definition) is 4. The molecule has 0 aliphatic rings. The van der Waals surface area contributed by atoms with Gasteiger partial charge in [-0.25, -0.2) is 4.79 Å². The third-order valence-corrected chi connectivity index (χ3v) is 3.20. The van der Waals surface area contributed by atoms with Crippen LogP contribution < -0.4 is 10.6 Å². The van der Waals surface area contributed by atoms with Crippen molar-refractivity contribution in [3.8, 4) is 0 Å². The topological polar surface area (TPSA) is 80.0 Å². The Bertz CT molecular complexity index is 685. The maximum atomic E-state index is 12.8. The van der Waals surface area contributed by atoms with E-state index in [0.29, 0.717) is 18.1 Å². The first-order valence-corrected chi connectivity index (χ1v) is 7.32. The molecule has 130 valence electrons. The number of carbonyl (C=O) groups is 1. The minimum Gasteiger partial charge on any atom is -0.339 e. The summed E-state index contributed by atoms with van der Waals surface area (Å²) in [5.74, 6) is 0.921. The lowest BCUT2D eigenvalue weighted by atomic mass is 10.0. The quantitative estimate of drug-likeness (QED) is 0.845.